The number of rotatable bonds is 4. The van der Waals surface area contributed by atoms with E-state index >= 15 is 4.39 Å². The molecule has 0 radical (unpaired) electrons. The molecule has 0 saturated carbocycles. The van der Waals surface area contributed by atoms with Gasteiger partial charge in [0.15, 0.2) is 0 Å². The predicted molar refractivity (Wildman–Crippen MR) is 113 cm³/mol. The lowest BCUT2D eigenvalue weighted by molar-refractivity contribution is -0.163. The second-order valence-corrected chi connectivity index (χ2v) is 8.75. The summed E-state index contributed by atoms with van der Waals surface area (Å²) >= 11 is 0. The van der Waals surface area contributed by atoms with Crippen LogP contribution in [0.2, 0.25) is 0 Å². The molecule has 3 amide bonds. The third-order valence-electron chi connectivity index (χ3n) is 6.69. The fraction of sp³-hybridized carbons (Fsp3) is 0.417. The van der Waals surface area contributed by atoms with E-state index in [0.717, 1.165) is 37.5 Å². The Bertz CT molecular complexity index is 1050. The smallest absolute Gasteiger partial charge is 0.273 e. The second kappa shape index (κ2) is 8.43. The summed E-state index contributed by atoms with van der Waals surface area (Å²) in [7, 11) is 0. The first-order valence-corrected chi connectivity index (χ1v) is 11.1. The molecule has 3 aliphatic heterocycles. The first-order valence-electron chi connectivity index (χ1n) is 11.1. The molecule has 4 heterocycles. The number of imide groups is 1. The van der Waals surface area contributed by atoms with Crippen molar-refractivity contribution >= 4 is 17.7 Å². The van der Waals surface area contributed by atoms with Crippen molar-refractivity contribution in [3.63, 3.8) is 0 Å². The maximum atomic E-state index is 15.0. The minimum absolute atomic E-state index is 0.0800. The van der Waals surface area contributed by atoms with Gasteiger partial charge in [-0.2, -0.15) is 5.01 Å². The Morgan fingerprint density at radius 3 is 2.38 bits per heavy atom. The predicted octanol–water partition coefficient (Wildman–Crippen LogP) is 3.01. The minimum Gasteiger partial charge on any atom is -0.299 e. The number of amides is 3. The Hall–Kier alpha value is -3.13. The number of carbonyl (C=O) groups is 3. The molecule has 0 bridgehead atoms. The van der Waals surface area contributed by atoms with Crippen LogP contribution in [-0.4, -0.2) is 50.7 Å². The Morgan fingerprint density at radius 2 is 1.69 bits per heavy atom. The molecule has 7 nitrogen and oxygen atoms in total. The monoisotopic (exact) mass is 436 g/mol. The normalized spacial score (nSPS) is 20.2. The summed E-state index contributed by atoms with van der Waals surface area (Å²) < 4.78 is 15.0. The van der Waals surface area contributed by atoms with Gasteiger partial charge < -0.3 is 0 Å². The van der Waals surface area contributed by atoms with Crippen LogP contribution in [0, 0.1) is 5.82 Å². The van der Waals surface area contributed by atoms with Crippen LogP contribution >= 0.6 is 0 Å². The molecule has 0 atom stereocenters. The molecule has 8 heteroatoms. The number of hydrogen-bond donors (Lipinski definition) is 0. The van der Waals surface area contributed by atoms with Crippen molar-refractivity contribution in [3.8, 4) is 0 Å². The van der Waals surface area contributed by atoms with Gasteiger partial charge in [-0.3, -0.25) is 24.3 Å². The van der Waals surface area contributed by atoms with Gasteiger partial charge in [-0.15, -0.1) is 0 Å². The number of halogens is 1. The van der Waals surface area contributed by atoms with Gasteiger partial charge in [-0.1, -0.05) is 0 Å². The molecule has 0 N–H and O–H groups in total. The number of piperidine rings is 2. The average Bonchev–Trinajstić information content (AvgIpc) is 3.10. The highest BCUT2D eigenvalue weighted by Crippen LogP contribution is 2.35. The summed E-state index contributed by atoms with van der Waals surface area (Å²) in [4.78, 5) is 43.8. The van der Waals surface area contributed by atoms with E-state index in [1.807, 2.05) is 12.1 Å². The summed E-state index contributed by atoms with van der Waals surface area (Å²) in [5.74, 6) is -1.53. The van der Waals surface area contributed by atoms with Crippen LogP contribution in [0.3, 0.4) is 0 Å². The third kappa shape index (κ3) is 3.79. The standard InChI is InChI=1S/C24H25FN4O3/c25-21-13-20-18(15-28(24(20)32)29-22(30)2-1-3-23(29)31)12-19(21)17-6-10-27(11-7-17)14-16-4-8-26-9-5-16/h4-5,8-9,12-13,17H,1-3,6-7,10-11,14-15H2. The van der Waals surface area contributed by atoms with Gasteiger partial charge in [0, 0.05) is 37.3 Å². The van der Waals surface area contributed by atoms with Crippen molar-refractivity contribution in [1.29, 1.82) is 0 Å². The Morgan fingerprint density at radius 1 is 1.00 bits per heavy atom. The molecule has 1 aromatic heterocycles. The van der Waals surface area contributed by atoms with Crippen LogP contribution < -0.4 is 0 Å². The van der Waals surface area contributed by atoms with E-state index in [4.69, 9.17) is 0 Å². The number of likely N-dealkylation sites (tertiary alicyclic amines) is 1. The number of hydrazine groups is 1. The maximum Gasteiger partial charge on any atom is 0.273 e. The van der Waals surface area contributed by atoms with Crippen LogP contribution in [-0.2, 0) is 22.7 Å². The first-order chi connectivity index (χ1) is 15.5. The number of benzene rings is 1. The van der Waals surface area contributed by atoms with Crippen molar-refractivity contribution in [1.82, 2.24) is 19.9 Å². The lowest BCUT2D eigenvalue weighted by Gasteiger charge is -2.32. The van der Waals surface area contributed by atoms with Crippen LogP contribution in [0.25, 0.3) is 0 Å². The largest absolute Gasteiger partial charge is 0.299 e. The van der Waals surface area contributed by atoms with Crippen LogP contribution in [0.4, 0.5) is 4.39 Å². The zero-order valence-electron chi connectivity index (χ0n) is 17.8. The molecular formula is C24H25FN4O3. The second-order valence-electron chi connectivity index (χ2n) is 8.75. The van der Waals surface area contributed by atoms with Crippen molar-refractivity contribution in [2.45, 2.75) is 51.1 Å². The molecule has 2 fully saturated rings. The highest BCUT2D eigenvalue weighted by Gasteiger charge is 2.40. The van der Waals surface area contributed by atoms with Gasteiger partial charge in [0.05, 0.1) is 6.54 Å². The molecule has 166 valence electrons. The van der Waals surface area contributed by atoms with Gasteiger partial charge in [-0.25, -0.2) is 9.40 Å². The van der Waals surface area contributed by atoms with Gasteiger partial charge in [0.25, 0.3) is 5.91 Å². The zero-order valence-corrected chi connectivity index (χ0v) is 17.8. The fourth-order valence-corrected chi connectivity index (χ4v) is 4.97. The SMILES string of the molecule is O=C1c2cc(F)c(C3CCN(Cc4ccncc4)CC3)cc2CN1N1C(=O)CCCC1=O. The van der Waals surface area contributed by atoms with E-state index in [1.54, 1.807) is 18.5 Å². The summed E-state index contributed by atoms with van der Waals surface area (Å²) in [6.45, 7) is 2.71. The summed E-state index contributed by atoms with van der Waals surface area (Å²) in [6.07, 6.45) is 6.23. The van der Waals surface area contributed by atoms with Crippen LogP contribution in [0.15, 0.2) is 36.7 Å². The number of hydrogen-bond acceptors (Lipinski definition) is 5. The van der Waals surface area contributed by atoms with Crippen molar-refractivity contribution in [2.24, 2.45) is 0 Å². The van der Waals surface area contributed by atoms with E-state index in [2.05, 4.69) is 9.88 Å². The molecule has 5 rings (SSSR count). The van der Waals surface area contributed by atoms with Gasteiger partial charge in [0.2, 0.25) is 11.8 Å². The van der Waals surface area contributed by atoms with Crippen molar-refractivity contribution in [3.05, 3.63) is 64.7 Å². The minimum atomic E-state index is -0.485. The molecule has 0 aliphatic carbocycles. The van der Waals surface area contributed by atoms with Crippen LogP contribution in [0.5, 0.6) is 0 Å². The number of carbonyl (C=O) groups excluding carboxylic acids is 3. The van der Waals surface area contributed by atoms with E-state index in [9.17, 15) is 14.4 Å². The molecule has 3 aliphatic rings. The number of nitrogens with zero attached hydrogens (tertiary/aromatic N) is 4. The lowest BCUT2D eigenvalue weighted by atomic mass is 9.87. The van der Waals surface area contributed by atoms with Crippen molar-refractivity contribution < 1.29 is 18.8 Å². The molecule has 0 unspecified atom stereocenters. The molecule has 1 aromatic carbocycles. The molecule has 2 aromatic rings. The van der Waals surface area contributed by atoms with E-state index < -0.39 is 5.91 Å². The maximum absolute atomic E-state index is 15.0. The fourth-order valence-electron chi connectivity index (χ4n) is 4.97. The zero-order chi connectivity index (χ0) is 22.2. The van der Waals surface area contributed by atoms with Gasteiger partial charge in [0.1, 0.15) is 5.82 Å². The first kappa shape index (κ1) is 20.8. The number of aromatic nitrogens is 1. The summed E-state index contributed by atoms with van der Waals surface area (Å²) in [6, 6.07) is 7.07. The molecule has 0 spiro atoms. The lowest BCUT2D eigenvalue weighted by Crippen LogP contribution is -2.51. The van der Waals surface area contributed by atoms with Crippen LogP contribution in [0.1, 0.15) is 65.1 Å². The Labute approximate surface area is 185 Å². The van der Waals surface area contributed by atoms with E-state index in [1.165, 1.54) is 16.6 Å². The summed E-state index contributed by atoms with van der Waals surface area (Å²) in [5.41, 5.74) is 2.75. The Balaban J connectivity index is 1.30. The average molecular weight is 436 g/mol. The molecular weight excluding hydrogens is 411 g/mol. The van der Waals surface area contributed by atoms with E-state index in [0.29, 0.717) is 17.5 Å². The highest BCUT2D eigenvalue weighted by molar-refractivity contribution is 6.04. The van der Waals surface area contributed by atoms with E-state index in [-0.39, 0.29) is 48.5 Å². The number of pyridine rings is 1. The highest BCUT2D eigenvalue weighted by atomic mass is 19.1. The molecule has 32 heavy (non-hydrogen) atoms. The Kier molecular flexibility index (Phi) is 5.46. The van der Waals surface area contributed by atoms with Gasteiger partial charge >= 0.3 is 0 Å². The quantitative estimate of drug-likeness (QED) is 0.689. The van der Waals surface area contributed by atoms with Crippen molar-refractivity contribution in [2.75, 3.05) is 13.1 Å². The summed E-state index contributed by atoms with van der Waals surface area (Å²) in [5, 5.41) is 2.13. The topological polar surface area (TPSA) is 73.8 Å². The number of fused-ring (bicyclic) bond motifs is 1. The van der Waals surface area contributed by atoms with Gasteiger partial charge in [-0.05, 0) is 79.2 Å². The third-order valence-corrected chi connectivity index (χ3v) is 6.69. The molecule has 2 saturated heterocycles.